The molecule has 7 amide bonds. The summed E-state index contributed by atoms with van der Waals surface area (Å²) in [6.07, 6.45) is 3.12. The first-order valence-corrected chi connectivity index (χ1v) is 27.1. The Bertz CT molecular complexity index is 2410. The van der Waals surface area contributed by atoms with E-state index in [-0.39, 0.29) is 49.7 Å². The highest BCUT2D eigenvalue weighted by Crippen LogP contribution is 2.25. The molecule has 0 spiro atoms. The normalized spacial score (nSPS) is 22.7. The second kappa shape index (κ2) is 28.9. The maximum absolute atomic E-state index is 14.8. The number of carbonyl (C=O) groups is 7. The maximum atomic E-state index is 14.8. The molecule has 0 aliphatic carbocycles. The van der Waals surface area contributed by atoms with Gasteiger partial charge in [0.05, 0.1) is 24.8 Å². The first-order chi connectivity index (χ1) is 34.6. The Morgan fingerprint density at radius 1 is 0.722 bits per heavy atom. The number of aliphatic hydroxyl groups is 2. The molecule has 4 aromatic rings. The lowest BCUT2D eigenvalue weighted by molar-refractivity contribution is -0.136. The van der Waals surface area contributed by atoms with Gasteiger partial charge in [0.1, 0.15) is 36.3 Å². The molecule has 1 saturated heterocycles. The topological polar surface area (TPSA) is 286 Å². The van der Waals surface area contributed by atoms with Crippen LogP contribution >= 0.6 is 21.6 Å². The molecule has 10 unspecified atom stereocenters. The zero-order valence-corrected chi connectivity index (χ0v) is 43.0. The molecule has 1 aliphatic heterocycles. The Hall–Kier alpha value is -5.93. The minimum absolute atomic E-state index is 0.0132. The first-order valence-electron chi connectivity index (χ1n) is 24.7. The second-order valence-corrected chi connectivity index (χ2v) is 20.9. The second-order valence-electron chi connectivity index (χ2n) is 18.3. The van der Waals surface area contributed by atoms with Gasteiger partial charge in [0.25, 0.3) is 0 Å². The van der Waals surface area contributed by atoms with E-state index >= 15 is 0 Å². The van der Waals surface area contributed by atoms with E-state index in [1.807, 2.05) is 81.4 Å². The molecule has 72 heavy (non-hydrogen) atoms. The summed E-state index contributed by atoms with van der Waals surface area (Å²) in [5, 5.41) is 41.4. The molecule has 1 fully saturated rings. The lowest BCUT2D eigenvalue weighted by atomic mass is 9.99. The molecule has 1 aromatic heterocycles. The Morgan fingerprint density at radius 2 is 1.32 bits per heavy atom. The molecule has 1 aliphatic rings. The highest BCUT2D eigenvalue weighted by atomic mass is 33.1. The van der Waals surface area contributed by atoms with E-state index in [1.165, 1.54) is 6.92 Å². The Kier molecular flexibility index (Phi) is 22.9. The van der Waals surface area contributed by atoms with Crippen molar-refractivity contribution in [2.45, 2.75) is 134 Å². The standard InChI is InChI=1S/C52H71N9O9S2/c1-5-7-10-23-39-47(65)61-45(32(4)63)52(70)60-44(51(69)58-42(28-62)31(3)6-2)30-72-71-29-43(59-46(64)37(53)24-33-17-11-8-12-18-33)50(68)56-40(25-34-19-13-9-14-20-34)48(66)57-41(49(67)55-39)26-35-27-54-38-22-16-15-21-36(35)38/h8-9,11-22,27,31-32,37,39-45,54,62-63H,5-7,10,23-26,28-30,53H2,1-4H3,(H,55,67)(H,56,68)(H,57,66)(H,58,69)(H,59,64)(H,60,70)(H,61,65). The number of para-hydroxylation sites is 1. The molecule has 0 saturated carbocycles. The summed E-state index contributed by atoms with van der Waals surface area (Å²) in [5.41, 5.74) is 9.35. The number of fused-ring (bicyclic) bond motifs is 1. The van der Waals surface area contributed by atoms with Crippen LogP contribution in [0.5, 0.6) is 0 Å². The number of benzene rings is 3. The average molecular weight is 1030 g/mol. The van der Waals surface area contributed by atoms with Crippen molar-refractivity contribution in [2.24, 2.45) is 11.7 Å². The van der Waals surface area contributed by atoms with Crippen LogP contribution in [0.2, 0.25) is 0 Å². The minimum Gasteiger partial charge on any atom is -0.394 e. The van der Waals surface area contributed by atoms with Gasteiger partial charge in [0.2, 0.25) is 41.4 Å². The molecule has 0 bridgehead atoms. The van der Waals surface area contributed by atoms with Gasteiger partial charge in [-0.25, -0.2) is 0 Å². The third kappa shape index (κ3) is 17.1. The van der Waals surface area contributed by atoms with Gasteiger partial charge in [0, 0.05) is 41.4 Å². The Morgan fingerprint density at radius 3 is 1.97 bits per heavy atom. The molecule has 2 heterocycles. The predicted octanol–water partition coefficient (Wildman–Crippen LogP) is 2.31. The van der Waals surface area contributed by atoms with Crippen LogP contribution in [0.15, 0.2) is 91.1 Å². The number of rotatable bonds is 18. The fourth-order valence-corrected chi connectivity index (χ4v) is 10.5. The summed E-state index contributed by atoms with van der Waals surface area (Å²) < 4.78 is 0. The number of amides is 7. The summed E-state index contributed by atoms with van der Waals surface area (Å²) in [6.45, 7) is 6.67. The summed E-state index contributed by atoms with van der Waals surface area (Å²) in [5.74, 6) is -5.50. The van der Waals surface area contributed by atoms with Crippen molar-refractivity contribution < 1.29 is 43.8 Å². The molecule has 5 rings (SSSR count). The van der Waals surface area contributed by atoms with E-state index < -0.39 is 95.8 Å². The molecule has 18 nitrogen and oxygen atoms in total. The number of carbonyl (C=O) groups excluding carboxylic acids is 7. The van der Waals surface area contributed by atoms with Gasteiger partial charge in [-0.2, -0.15) is 0 Å². The quantitative estimate of drug-likeness (QED) is 0.0506. The number of nitrogens with one attached hydrogen (secondary N) is 8. The first kappa shape index (κ1) is 57.0. The fraction of sp³-hybridized carbons (Fsp3) is 0.481. The smallest absolute Gasteiger partial charge is 0.245 e. The predicted molar refractivity (Wildman–Crippen MR) is 281 cm³/mol. The maximum Gasteiger partial charge on any atom is 0.245 e. The van der Waals surface area contributed by atoms with Crippen molar-refractivity contribution in [3.05, 3.63) is 108 Å². The van der Waals surface area contributed by atoms with E-state index in [1.54, 1.807) is 30.5 Å². The number of nitrogens with two attached hydrogens (primary N) is 1. The molecule has 12 N–H and O–H groups in total. The van der Waals surface area contributed by atoms with Crippen LogP contribution in [0, 0.1) is 5.92 Å². The van der Waals surface area contributed by atoms with Crippen molar-refractivity contribution in [3.8, 4) is 0 Å². The number of H-pyrrole nitrogens is 1. The van der Waals surface area contributed by atoms with E-state index in [0.29, 0.717) is 30.4 Å². The fourth-order valence-electron chi connectivity index (χ4n) is 8.17. The van der Waals surface area contributed by atoms with Crippen LogP contribution in [-0.2, 0) is 52.8 Å². The monoisotopic (exact) mass is 1030 g/mol. The molecule has 0 radical (unpaired) electrons. The zero-order chi connectivity index (χ0) is 52.2. The number of hydrogen-bond acceptors (Lipinski definition) is 12. The highest BCUT2D eigenvalue weighted by molar-refractivity contribution is 8.76. The third-order valence-electron chi connectivity index (χ3n) is 12.7. The van der Waals surface area contributed by atoms with Gasteiger partial charge < -0.3 is 58.1 Å². The van der Waals surface area contributed by atoms with E-state index in [2.05, 4.69) is 42.2 Å². The van der Waals surface area contributed by atoms with Crippen LogP contribution in [0.4, 0.5) is 0 Å². The molecular weight excluding hydrogens is 959 g/mol. The van der Waals surface area contributed by atoms with E-state index in [0.717, 1.165) is 44.5 Å². The molecular formula is C52H71N9O9S2. The largest absolute Gasteiger partial charge is 0.394 e. The van der Waals surface area contributed by atoms with Gasteiger partial charge in [-0.05, 0) is 48.4 Å². The summed E-state index contributed by atoms with van der Waals surface area (Å²) in [6, 6.07) is 15.8. The molecule has 10 atom stereocenters. The highest BCUT2D eigenvalue weighted by Gasteiger charge is 2.36. The average Bonchev–Trinajstić information content (AvgIpc) is 3.78. The number of aromatic amines is 1. The Balaban J connectivity index is 1.57. The van der Waals surface area contributed by atoms with Crippen molar-refractivity contribution in [1.29, 1.82) is 0 Å². The molecule has 390 valence electrons. The van der Waals surface area contributed by atoms with E-state index in [4.69, 9.17) is 5.73 Å². The molecule has 3 aromatic carbocycles. The number of unbranched alkanes of at least 4 members (excludes halogenated alkanes) is 2. The summed E-state index contributed by atoms with van der Waals surface area (Å²) in [7, 11) is 2.20. The van der Waals surface area contributed by atoms with Crippen LogP contribution in [-0.4, -0.2) is 129 Å². The van der Waals surface area contributed by atoms with Gasteiger partial charge in [-0.3, -0.25) is 33.6 Å². The van der Waals surface area contributed by atoms with Gasteiger partial charge in [-0.15, -0.1) is 0 Å². The molecule has 20 heteroatoms. The summed E-state index contributed by atoms with van der Waals surface area (Å²) >= 11 is 0. The van der Waals surface area contributed by atoms with Crippen molar-refractivity contribution in [2.75, 3.05) is 18.1 Å². The number of aromatic nitrogens is 1. The lowest BCUT2D eigenvalue weighted by Gasteiger charge is -2.29. The van der Waals surface area contributed by atoms with Crippen LogP contribution in [0.25, 0.3) is 10.9 Å². The van der Waals surface area contributed by atoms with Gasteiger partial charge in [-0.1, -0.05) is 147 Å². The lowest BCUT2D eigenvalue weighted by Crippen LogP contribution is -2.62. The SMILES string of the molecule is CCCCCC1NC(=O)C(Cc2c[nH]c3ccccc23)NC(=O)C(Cc2ccccc2)NC(=O)C(NC(=O)C(N)Cc2ccccc2)CSSCC(C(=O)NC(CO)C(C)CC)NC(=O)C(C(C)O)NC1=O. The minimum atomic E-state index is -1.59. The van der Waals surface area contributed by atoms with Crippen LogP contribution < -0.4 is 43.0 Å². The van der Waals surface area contributed by atoms with Crippen LogP contribution in [0.1, 0.15) is 76.5 Å². The number of aliphatic hydroxyl groups excluding tert-OH is 2. The third-order valence-corrected chi connectivity index (χ3v) is 15.2. The number of hydrogen-bond donors (Lipinski definition) is 11. The van der Waals surface area contributed by atoms with Gasteiger partial charge >= 0.3 is 0 Å². The van der Waals surface area contributed by atoms with E-state index in [9.17, 15) is 43.8 Å². The van der Waals surface area contributed by atoms with Crippen molar-refractivity contribution in [1.82, 2.24) is 42.2 Å². The Labute approximate surface area is 429 Å². The van der Waals surface area contributed by atoms with Crippen molar-refractivity contribution in [3.63, 3.8) is 0 Å². The van der Waals surface area contributed by atoms with Gasteiger partial charge in [0.15, 0.2) is 0 Å². The zero-order valence-electron chi connectivity index (χ0n) is 41.4. The van der Waals surface area contributed by atoms with Crippen molar-refractivity contribution >= 4 is 73.8 Å². The van der Waals surface area contributed by atoms with Crippen LogP contribution in [0.3, 0.4) is 0 Å². The summed E-state index contributed by atoms with van der Waals surface area (Å²) in [4.78, 5) is 103.